The number of carbonyl (C=O) groups is 3. The molecule has 0 aliphatic rings. The third kappa shape index (κ3) is 8.57. The average molecular weight is 397 g/mol. The fourth-order valence-electron chi connectivity index (χ4n) is 2.62. The first-order valence-electron chi connectivity index (χ1n) is 9.59. The Morgan fingerprint density at radius 1 is 0.931 bits per heavy atom. The van der Waals surface area contributed by atoms with Crippen molar-refractivity contribution in [3.05, 3.63) is 66.2 Å². The summed E-state index contributed by atoms with van der Waals surface area (Å²) in [6.45, 7) is 2.33. The van der Waals surface area contributed by atoms with Gasteiger partial charge in [-0.25, -0.2) is 0 Å². The van der Waals surface area contributed by atoms with Gasteiger partial charge >= 0.3 is 0 Å². The van der Waals surface area contributed by atoms with E-state index in [4.69, 9.17) is 4.74 Å². The summed E-state index contributed by atoms with van der Waals surface area (Å²) in [4.78, 5) is 37.9. The van der Waals surface area contributed by atoms with Crippen LogP contribution in [-0.2, 0) is 25.7 Å². The lowest BCUT2D eigenvalue weighted by Crippen LogP contribution is -2.44. The van der Waals surface area contributed by atoms with Crippen molar-refractivity contribution < 1.29 is 19.1 Å². The van der Waals surface area contributed by atoms with Crippen LogP contribution in [0.3, 0.4) is 0 Å². The molecule has 2 rings (SSSR count). The van der Waals surface area contributed by atoms with Gasteiger partial charge in [0, 0.05) is 12.2 Å². The molecule has 0 aliphatic heterocycles. The molecular weight excluding hydrogens is 370 g/mol. The maximum Gasteiger partial charge on any atom is 0.249 e. The number of nitrogens with one attached hydrogen (secondary N) is 2. The number of amides is 3. The number of nitrogens with zero attached hydrogens (tertiary/aromatic N) is 1. The highest BCUT2D eigenvalue weighted by Crippen LogP contribution is 2.04. The Balaban J connectivity index is 1.73. The van der Waals surface area contributed by atoms with Crippen LogP contribution in [0.15, 0.2) is 60.7 Å². The zero-order valence-electron chi connectivity index (χ0n) is 16.6. The minimum atomic E-state index is -0.391. The standard InChI is InChI=1S/C22H27N3O4/c1-2-13-25(22(28)17-29-16-18-9-5-3-6-10-18)15-21(27)23-14-20(26)24-19-11-7-4-8-12-19/h3-12H,2,13-17H2,1H3,(H,23,27)(H,24,26). The molecule has 154 valence electrons. The molecule has 2 aromatic carbocycles. The third-order valence-electron chi connectivity index (χ3n) is 4.02. The lowest BCUT2D eigenvalue weighted by molar-refractivity contribution is -0.140. The SMILES string of the molecule is CCCN(CC(=O)NCC(=O)Nc1ccccc1)C(=O)COCc1ccccc1. The van der Waals surface area contributed by atoms with Crippen molar-refractivity contribution >= 4 is 23.4 Å². The normalized spacial score (nSPS) is 10.2. The number of hydrogen-bond donors (Lipinski definition) is 2. The first kappa shape index (κ1) is 22.1. The van der Waals surface area contributed by atoms with E-state index in [0.29, 0.717) is 25.3 Å². The second kappa shape index (κ2) is 12.3. The van der Waals surface area contributed by atoms with Gasteiger partial charge in [0.1, 0.15) is 6.61 Å². The molecule has 7 heteroatoms. The molecule has 0 atom stereocenters. The number of carbonyl (C=O) groups excluding carboxylic acids is 3. The van der Waals surface area contributed by atoms with Gasteiger partial charge in [-0.3, -0.25) is 14.4 Å². The van der Waals surface area contributed by atoms with Crippen molar-refractivity contribution in [2.24, 2.45) is 0 Å². The van der Waals surface area contributed by atoms with Crippen LogP contribution < -0.4 is 10.6 Å². The molecule has 0 fully saturated rings. The van der Waals surface area contributed by atoms with E-state index in [1.54, 1.807) is 12.1 Å². The van der Waals surface area contributed by atoms with Gasteiger partial charge in [-0.1, -0.05) is 55.5 Å². The zero-order valence-corrected chi connectivity index (χ0v) is 16.6. The number of para-hydroxylation sites is 1. The van der Waals surface area contributed by atoms with Gasteiger partial charge in [-0.05, 0) is 24.1 Å². The van der Waals surface area contributed by atoms with Crippen molar-refractivity contribution in [3.8, 4) is 0 Å². The third-order valence-corrected chi connectivity index (χ3v) is 4.02. The van der Waals surface area contributed by atoms with Crippen LogP contribution in [-0.4, -0.2) is 48.9 Å². The summed E-state index contributed by atoms with van der Waals surface area (Å²) in [6, 6.07) is 18.5. The van der Waals surface area contributed by atoms with Crippen LogP contribution in [0.1, 0.15) is 18.9 Å². The van der Waals surface area contributed by atoms with Crippen LogP contribution in [0.2, 0.25) is 0 Å². The van der Waals surface area contributed by atoms with Gasteiger partial charge in [-0.15, -0.1) is 0 Å². The molecule has 7 nitrogen and oxygen atoms in total. The van der Waals surface area contributed by atoms with Gasteiger partial charge < -0.3 is 20.3 Å². The van der Waals surface area contributed by atoms with E-state index in [2.05, 4.69) is 10.6 Å². The lowest BCUT2D eigenvalue weighted by Gasteiger charge is -2.21. The maximum absolute atomic E-state index is 12.4. The van der Waals surface area contributed by atoms with Gasteiger partial charge in [0.25, 0.3) is 0 Å². The zero-order chi connectivity index (χ0) is 20.9. The number of rotatable bonds is 11. The van der Waals surface area contributed by atoms with Crippen molar-refractivity contribution in [2.75, 3.05) is 31.6 Å². The minimum absolute atomic E-state index is 0.101. The molecule has 0 unspecified atom stereocenters. The Hall–Kier alpha value is -3.19. The largest absolute Gasteiger partial charge is 0.367 e. The highest BCUT2D eigenvalue weighted by molar-refractivity contribution is 5.95. The van der Waals surface area contributed by atoms with Crippen LogP contribution in [0.25, 0.3) is 0 Å². The van der Waals surface area contributed by atoms with Gasteiger partial charge in [0.05, 0.1) is 19.7 Å². The molecule has 2 aromatic rings. The predicted molar refractivity (Wildman–Crippen MR) is 111 cm³/mol. The first-order valence-corrected chi connectivity index (χ1v) is 9.59. The molecule has 0 saturated carbocycles. The lowest BCUT2D eigenvalue weighted by atomic mass is 10.2. The summed E-state index contributed by atoms with van der Waals surface area (Å²) in [5.74, 6) is -0.978. The quantitative estimate of drug-likeness (QED) is 0.608. The molecule has 2 N–H and O–H groups in total. The second-order valence-electron chi connectivity index (χ2n) is 6.48. The van der Waals surface area contributed by atoms with E-state index in [-0.39, 0.29) is 31.5 Å². The van der Waals surface area contributed by atoms with E-state index in [9.17, 15) is 14.4 Å². The summed E-state index contributed by atoms with van der Waals surface area (Å²) >= 11 is 0. The van der Waals surface area contributed by atoms with Crippen molar-refractivity contribution in [2.45, 2.75) is 20.0 Å². The summed E-state index contributed by atoms with van der Waals surface area (Å²) in [6.07, 6.45) is 0.714. The summed E-state index contributed by atoms with van der Waals surface area (Å²) in [5.41, 5.74) is 1.63. The average Bonchev–Trinajstić information content (AvgIpc) is 2.73. The van der Waals surface area contributed by atoms with Crippen LogP contribution >= 0.6 is 0 Å². The predicted octanol–water partition coefficient (Wildman–Crippen LogP) is 2.20. The fourth-order valence-corrected chi connectivity index (χ4v) is 2.62. The Morgan fingerprint density at radius 2 is 1.59 bits per heavy atom. The molecule has 0 bridgehead atoms. The van der Waals surface area contributed by atoms with Gasteiger partial charge in [-0.2, -0.15) is 0 Å². The first-order chi connectivity index (χ1) is 14.1. The van der Waals surface area contributed by atoms with Gasteiger partial charge in [0.2, 0.25) is 17.7 Å². The number of hydrogen-bond acceptors (Lipinski definition) is 4. The monoisotopic (exact) mass is 397 g/mol. The van der Waals surface area contributed by atoms with E-state index in [1.165, 1.54) is 4.90 Å². The molecule has 0 radical (unpaired) electrons. The summed E-state index contributed by atoms with van der Waals surface area (Å²) in [7, 11) is 0. The molecule has 0 aliphatic carbocycles. The van der Waals surface area contributed by atoms with Crippen molar-refractivity contribution in [1.29, 1.82) is 0 Å². The maximum atomic E-state index is 12.4. The highest BCUT2D eigenvalue weighted by Gasteiger charge is 2.17. The highest BCUT2D eigenvalue weighted by atomic mass is 16.5. The van der Waals surface area contributed by atoms with E-state index >= 15 is 0 Å². The molecule has 29 heavy (non-hydrogen) atoms. The summed E-state index contributed by atoms with van der Waals surface area (Å²) < 4.78 is 5.47. The van der Waals surface area contributed by atoms with Crippen LogP contribution in [0.5, 0.6) is 0 Å². The second-order valence-corrected chi connectivity index (χ2v) is 6.48. The van der Waals surface area contributed by atoms with Crippen molar-refractivity contribution in [3.63, 3.8) is 0 Å². The number of ether oxygens (including phenoxy) is 1. The van der Waals surface area contributed by atoms with E-state index in [0.717, 1.165) is 5.56 Å². The molecule has 0 aromatic heterocycles. The van der Waals surface area contributed by atoms with Crippen molar-refractivity contribution in [1.82, 2.24) is 10.2 Å². The Morgan fingerprint density at radius 3 is 2.24 bits per heavy atom. The fraction of sp³-hybridized carbons (Fsp3) is 0.318. The summed E-state index contributed by atoms with van der Waals surface area (Å²) in [5, 5.41) is 5.23. The van der Waals surface area contributed by atoms with Crippen LogP contribution in [0.4, 0.5) is 5.69 Å². The van der Waals surface area contributed by atoms with Crippen LogP contribution in [0, 0.1) is 0 Å². The van der Waals surface area contributed by atoms with E-state index < -0.39 is 5.91 Å². The van der Waals surface area contributed by atoms with E-state index in [1.807, 2.05) is 55.5 Å². The molecule has 0 heterocycles. The Kier molecular flexibility index (Phi) is 9.38. The molecular formula is C22H27N3O4. The molecule has 3 amide bonds. The minimum Gasteiger partial charge on any atom is -0.367 e. The Labute approximate surface area is 171 Å². The molecule has 0 saturated heterocycles. The Bertz CT molecular complexity index is 781. The van der Waals surface area contributed by atoms with Gasteiger partial charge in [0.15, 0.2) is 0 Å². The topological polar surface area (TPSA) is 87.7 Å². The number of benzene rings is 2. The smallest absolute Gasteiger partial charge is 0.249 e. The number of anilines is 1. The molecule has 0 spiro atoms.